The Bertz CT molecular complexity index is 516. The van der Waals surface area contributed by atoms with Crippen molar-refractivity contribution in [1.82, 2.24) is 0 Å². The van der Waals surface area contributed by atoms with Crippen LogP contribution in [0.25, 0.3) is 0 Å². The number of carbonyl (C=O) groups is 1. The maximum absolute atomic E-state index is 12.1. The Morgan fingerprint density at radius 3 is 2.79 bits per heavy atom. The Morgan fingerprint density at radius 2 is 2.21 bits per heavy atom. The summed E-state index contributed by atoms with van der Waals surface area (Å²) in [7, 11) is 0. The number of aryl methyl sites for hydroxylation is 1. The largest absolute Gasteiger partial charge is 0.327 e. The van der Waals surface area contributed by atoms with Gasteiger partial charge in [0.25, 0.3) is 5.69 Å². The number of rotatable bonds is 3. The maximum Gasteiger partial charge on any atom is 0.293 e. The molecule has 6 nitrogen and oxygen atoms in total. The molecule has 2 rings (SSSR count). The van der Waals surface area contributed by atoms with Gasteiger partial charge >= 0.3 is 0 Å². The van der Waals surface area contributed by atoms with Crippen LogP contribution < -0.4 is 11.1 Å². The number of anilines is 1. The molecule has 1 aromatic carbocycles. The van der Waals surface area contributed by atoms with Gasteiger partial charge in [-0.3, -0.25) is 14.9 Å². The van der Waals surface area contributed by atoms with Crippen LogP contribution in [0.15, 0.2) is 18.2 Å². The normalized spacial score (nSPS) is 22.2. The highest BCUT2D eigenvalue weighted by Gasteiger charge is 2.31. The number of hydrogen-bond donors (Lipinski definition) is 2. The third-order valence-electron chi connectivity index (χ3n) is 3.51. The van der Waals surface area contributed by atoms with Crippen molar-refractivity contribution in [3.05, 3.63) is 33.9 Å². The molecule has 1 aromatic rings. The molecular weight excluding hydrogens is 246 g/mol. The van der Waals surface area contributed by atoms with Crippen LogP contribution in [0, 0.1) is 23.0 Å². The van der Waals surface area contributed by atoms with Gasteiger partial charge in [-0.15, -0.1) is 0 Å². The van der Waals surface area contributed by atoms with Crippen LogP contribution in [-0.4, -0.2) is 16.9 Å². The summed E-state index contributed by atoms with van der Waals surface area (Å²) >= 11 is 0. The van der Waals surface area contributed by atoms with E-state index in [4.69, 9.17) is 5.73 Å². The van der Waals surface area contributed by atoms with Gasteiger partial charge in [-0.2, -0.15) is 0 Å². The van der Waals surface area contributed by atoms with Crippen LogP contribution in [0.3, 0.4) is 0 Å². The first-order valence-corrected chi connectivity index (χ1v) is 6.30. The molecular formula is C13H17N3O3. The topological polar surface area (TPSA) is 98.3 Å². The summed E-state index contributed by atoms with van der Waals surface area (Å²) < 4.78 is 0. The minimum Gasteiger partial charge on any atom is -0.327 e. The number of nitrogens with zero attached hydrogens (tertiary/aromatic N) is 1. The SMILES string of the molecule is Cc1ccc(NC(=O)C2CCCC2N)c([N+](=O)[O-])c1. The first-order valence-electron chi connectivity index (χ1n) is 6.30. The lowest BCUT2D eigenvalue weighted by atomic mass is 10.0. The van der Waals surface area contributed by atoms with Gasteiger partial charge in [-0.1, -0.05) is 12.5 Å². The van der Waals surface area contributed by atoms with Gasteiger partial charge in [0.05, 0.1) is 10.8 Å². The fraction of sp³-hybridized carbons (Fsp3) is 0.462. The van der Waals surface area contributed by atoms with E-state index in [0.717, 1.165) is 24.8 Å². The summed E-state index contributed by atoms with van der Waals surface area (Å²) in [6.07, 6.45) is 2.50. The highest BCUT2D eigenvalue weighted by Crippen LogP contribution is 2.29. The van der Waals surface area contributed by atoms with Gasteiger partial charge in [-0.05, 0) is 31.4 Å². The van der Waals surface area contributed by atoms with E-state index in [1.807, 2.05) is 0 Å². The van der Waals surface area contributed by atoms with Crippen LogP contribution in [0.1, 0.15) is 24.8 Å². The molecule has 0 radical (unpaired) electrons. The Kier molecular flexibility index (Phi) is 3.80. The smallest absolute Gasteiger partial charge is 0.293 e. The van der Waals surface area contributed by atoms with Gasteiger partial charge in [-0.25, -0.2) is 0 Å². The Balaban J connectivity index is 2.19. The van der Waals surface area contributed by atoms with Crippen molar-refractivity contribution in [1.29, 1.82) is 0 Å². The highest BCUT2D eigenvalue weighted by atomic mass is 16.6. The Hall–Kier alpha value is -1.95. The molecule has 1 fully saturated rings. The fourth-order valence-corrected chi connectivity index (χ4v) is 2.44. The highest BCUT2D eigenvalue weighted by molar-refractivity contribution is 5.95. The number of nitro benzene ring substituents is 1. The summed E-state index contributed by atoms with van der Waals surface area (Å²) in [5, 5.41) is 13.6. The molecule has 2 atom stereocenters. The second-order valence-corrected chi connectivity index (χ2v) is 4.97. The molecule has 1 aliphatic carbocycles. The summed E-state index contributed by atoms with van der Waals surface area (Å²) in [5.74, 6) is -0.474. The number of nitrogens with two attached hydrogens (primary N) is 1. The van der Waals surface area contributed by atoms with E-state index in [9.17, 15) is 14.9 Å². The van der Waals surface area contributed by atoms with Crippen LogP contribution in [-0.2, 0) is 4.79 Å². The van der Waals surface area contributed by atoms with Crippen molar-refractivity contribution in [2.75, 3.05) is 5.32 Å². The molecule has 0 heterocycles. The zero-order chi connectivity index (χ0) is 14.0. The molecule has 0 aromatic heterocycles. The lowest BCUT2D eigenvalue weighted by Gasteiger charge is -2.15. The van der Waals surface area contributed by atoms with Gasteiger partial charge in [0.15, 0.2) is 0 Å². The van der Waals surface area contributed by atoms with E-state index in [-0.39, 0.29) is 29.2 Å². The summed E-state index contributed by atoms with van der Waals surface area (Å²) in [5.41, 5.74) is 6.79. The summed E-state index contributed by atoms with van der Waals surface area (Å²) in [6, 6.07) is 4.59. The molecule has 0 saturated heterocycles. The van der Waals surface area contributed by atoms with Crippen molar-refractivity contribution in [3.63, 3.8) is 0 Å². The molecule has 6 heteroatoms. The molecule has 102 valence electrons. The molecule has 3 N–H and O–H groups in total. The molecule has 1 saturated carbocycles. The number of benzene rings is 1. The van der Waals surface area contributed by atoms with E-state index in [1.54, 1.807) is 19.1 Å². The number of amides is 1. The van der Waals surface area contributed by atoms with E-state index < -0.39 is 4.92 Å². The second kappa shape index (κ2) is 5.36. The Labute approximate surface area is 111 Å². The Morgan fingerprint density at radius 1 is 1.47 bits per heavy atom. The minimum atomic E-state index is -0.489. The first kappa shape index (κ1) is 13.5. The number of carbonyl (C=O) groups excluding carboxylic acids is 1. The lowest BCUT2D eigenvalue weighted by molar-refractivity contribution is -0.384. The molecule has 1 amide bonds. The van der Waals surface area contributed by atoms with Crippen molar-refractivity contribution in [2.45, 2.75) is 32.2 Å². The lowest BCUT2D eigenvalue weighted by Crippen LogP contribution is -2.34. The van der Waals surface area contributed by atoms with Gasteiger partial charge in [0.1, 0.15) is 5.69 Å². The van der Waals surface area contributed by atoms with E-state index in [0.29, 0.717) is 0 Å². The average molecular weight is 263 g/mol. The van der Waals surface area contributed by atoms with Crippen molar-refractivity contribution in [3.8, 4) is 0 Å². The van der Waals surface area contributed by atoms with Crippen molar-refractivity contribution in [2.24, 2.45) is 11.7 Å². The average Bonchev–Trinajstić information content (AvgIpc) is 2.77. The van der Waals surface area contributed by atoms with Gasteiger partial charge < -0.3 is 11.1 Å². The second-order valence-electron chi connectivity index (χ2n) is 4.97. The van der Waals surface area contributed by atoms with E-state index in [1.165, 1.54) is 6.07 Å². The molecule has 1 aliphatic rings. The molecule has 19 heavy (non-hydrogen) atoms. The zero-order valence-electron chi connectivity index (χ0n) is 10.8. The quantitative estimate of drug-likeness (QED) is 0.643. The number of hydrogen-bond acceptors (Lipinski definition) is 4. The van der Waals surface area contributed by atoms with Crippen LogP contribution in [0.4, 0.5) is 11.4 Å². The maximum atomic E-state index is 12.1. The van der Waals surface area contributed by atoms with Crippen molar-refractivity contribution >= 4 is 17.3 Å². The summed E-state index contributed by atoms with van der Waals surface area (Å²) in [4.78, 5) is 22.6. The third-order valence-corrected chi connectivity index (χ3v) is 3.51. The standard InChI is InChI=1S/C13H17N3O3/c1-8-5-6-11(12(7-8)16(18)19)15-13(17)9-3-2-4-10(9)14/h5-7,9-10H,2-4,14H2,1H3,(H,15,17). The van der Waals surface area contributed by atoms with Gasteiger partial charge in [0.2, 0.25) is 5.91 Å². The van der Waals surface area contributed by atoms with E-state index >= 15 is 0 Å². The third kappa shape index (κ3) is 2.90. The van der Waals surface area contributed by atoms with Gasteiger partial charge in [0, 0.05) is 12.1 Å². The van der Waals surface area contributed by atoms with Crippen LogP contribution in [0.5, 0.6) is 0 Å². The monoisotopic (exact) mass is 263 g/mol. The summed E-state index contributed by atoms with van der Waals surface area (Å²) in [6.45, 7) is 1.77. The molecule has 0 aliphatic heterocycles. The van der Waals surface area contributed by atoms with Crippen LogP contribution >= 0.6 is 0 Å². The minimum absolute atomic E-state index is 0.0834. The van der Waals surface area contributed by atoms with E-state index in [2.05, 4.69) is 5.32 Å². The zero-order valence-corrected chi connectivity index (χ0v) is 10.8. The predicted molar refractivity (Wildman–Crippen MR) is 71.8 cm³/mol. The fourth-order valence-electron chi connectivity index (χ4n) is 2.44. The molecule has 0 spiro atoms. The predicted octanol–water partition coefficient (Wildman–Crippen LogP) is 1.97. The first-order chi connectivity index (χ1) is 8.99. The number of nitrogens with one attached hydrogen (secondary N) is 1. The number of nitro groups is 1. The molecule has 2 unspecified atom stereocenters. The van der Waals surface area contributed by atoms with Crippen LogP contribution in [0.2, 0.25) is 0 Å². The van der Waals surface area contributed by atoms with Crippen molar-refractivity contribution < 1.29 is 9.72 Å². The molecule has 0 bridgehead atoms.